The molecule has 2 aromatic heterocycles. The number of likely N-dealkylation sites (tertiary alicyclic amines) is 1. The first-order valence-corrected chi connectivity index (χ1v) is 8.11. The highest BCUT2D eigenvalue weighted by Crippen LogP contribution is 2.33. The van der Waals surface area contributed by atoms with E-state index in [0.717, 1.165) is 25.0 Å². The molecule has 0 atom stereocenters. The van der Waals surface area contributed by atoms with Gasteiger partial charge in [0.15, 0.2) is 5.65 Å². The molecule has 26 heavy (non-hydrogen) atoms. The average molecular weight is 361 g/mol. The van der Waals surface area contributed by atoms with E-state index in [4.69, 9.17) is 0 Å². The SMILES string of the molecule is O=C(c1cc(-c2cccc(C(F)(F)F)c2)c2nncn2n1)N1CCCC1. The van der Waals surface area contributed by atoms with Crippen LogP contribution in [0.2, 0.25) is 0 Å². The Labute approximate surface area is 146 Å². The molecule has 0 spiro atoms. The summed E-state index contributed by atoms with van der Waals surface area (Å²) in [6, 6.07) is 6.40. The highest BCUT2D eigenvalue weighted by Gasteiger charge is 2.31. The van der Waals surface area contributed by atoms with Crippen LogP contribution in [0.5, 0.6) is 0 Å². The van der Waals surface area contributed by atoms with Crippen molar-refractivity contribution in [2.45, 2.75) is 19.0 Å². The normalized spacial score (nSPS) is 15.0. The Morgan fingerprint density at radius 1 is 1.12 bits per heavy atom. The van der Waals surface area contributed by atoms with E-state index in [0.29, 0.717) is 29.9 Å². The van der Waals surface area contributed by atoms with Crippen LogP contribution in [0.1, 0.15) is 28.9 Å². The molecule has 3 heterocycles. The summed E-state index contributed by atoms with van der Waals surface area (Å²) in [7, 11) is 0. The summed E-state index contributed by atoms with van der Waals surface area (Å²) in [5.74, 6) is -0.244. The molecule has 0 N–H and O–H groups in total. The van der Waals surface area contributed by atoms with Crippen LogP contribution in [0.25, 0.3) is 16.8 Å². The van der Waals surface area contributed by atoms with E-state index >= 15 is 0 Å². The fraction of sp³-hybridized carbons (Fsp3) is 0.294. The molecular weight excluding hydrogens is 347 g/mol. The first-order chi connectivity index (χ1) is 12.4. The van der Waals surface area contributed by atoms with E-state index in [-0.39, 0.29) is 11.6 Å². The lowest BCUT2D eigenvalue weighted by atomic mass is 10.0. The molecule has 1 amide bonds. The molecule has 6 nitrogen and oxygen atoms in total. The molecule has 0 radical (unpaired) electrons. The van der Waals surface area contributed by atoms with Crippen LogP contribution in [0.4, 0.5) is 13.2 Å². The van der Waals surface area contributed by atoms with Gasteiger partial charge >= 0.3 is 6.18 Å². The highest BCUT2D eigenvalue weighted by atomic mass is 19.4. The number of rotatable bonds is 2. The van der Waals surface area contributed by atoms with Crippen molar-refractivity contribution in [3.05, 3.63) is 47.9 Å². The smallest absolute Gasteiger partial charge is 0.337 e. The van der Waals surface area contributed by atoms with Gasteiger partial charge in [0.2, 0.25) is 0 Å². The van der Waals surface area contributed by atoms with Gasteiger partial charge in [0.1, 0.15) is 12.0 Å². The van der Waals surface area contributed by atoms with Gasteiger partial charge in [-0.3, -0.25) is 4.79 Å². The Morgan fingerprint density at radius 3 is 2.62 bits per heavy atom. The predicted octanol–water partition coefficient (Wildman–Crippen LogP) is 3.05. The minimum absolute atomic E-state index is 0.159. The number of hydrogen-bond donors (Lipinski definition) is 0. The van der Waals surface area contributed by atoms with Crippen LogP contribution in [0.15, 0.2) is 36.7 Å². The zero-order chi connectivity index (χ0) is 18.3. The molecule has 1 aliphatic heterocycles. The van der Waals surface area contributed by atoms with Crippen molar-refractivity contribution in [1.82, 2.24) is 24.7 Å². The molecular formula is C17H14F3N5O. The molecule has 0 unspecified atom stereocenters. The van der Waals surface area contributed by atoms with E-state index < -0.39 is 11.7 Å². The fourth-order valence-electron chi connectivity index (χ4n) is 3.09. The maximum absolute atomic E-state index is 13.0. The van der Waals surface area contributed by atoms with Gasteiger partial charge in [0, 0.05) is 18.7 Å². The molecule has 0 bridgehead atoms. The number of fused-ring (bicyclic) bond motifs is 1. The van der Waals surface area contributed by atoms with Crippen molar-refractivity contribution >= 4 is 11.6 Å². The second-order valence-electron chi connectivity index (χ2n) is 6.12. The lowest BCUT2D eigenvalue weighted by Crippen LogP contribution is -2.29. The Bertz CT molecular complexity index is 976. The monoisotopic (exact) mass is 361 g/mol. The molecule has 0 aliphatic carbocycles. The van der Waals surface area contributed by atoms with Crippen molar-refractivity contribution in [3.8, 4) is 11.1 Å². The van der Waals surface area contributed by atoms with Gasteiger partial charge in [-0.2, -0.15) is 22.8 Å². The van der Waals surface area contributed by atoms with Crippen LogP contribution in [0.3, 0.4) is 0 Å². The summed E-state index contributed by atoms with van der Waals surface area (Å²) in [4.78, 5) is 14.3. The number of carbonyl (C=O) groups is 1. The third-order valence-electron chi connectivity index (χ3n) is 4.38. The average Bonchev–Trinajstić information content (AvgIpc) is 3.31. The van der Waals surface area contributed by atoms with Gasteiger partial charge in [-0.05, 0) is 36.6 Å². The van der Waals surface area contributed by atoms with Gasteiger partial charge in [-0.1, -0.05) is 12.1 Å². The zero-order valence-electron chi connectivity index (χ0n) is 13.6. The molecule has 9 heteroatoms. The summed E-state index contributed by atoms with van der Waals surface area (Å²) >= 11 is 0. The number of amides is 1. The van der Waals surface area contributed by atoms with Gasteiger partial charge in [-0.25, -0.2) is 0 Å². The van der Waals surface area contributed by atoms with Gasteiger partial charge in [0.25, 0.3) is 5.91 Å². The zero-order valence-corrected chi connectivity index (χ0v) is 13.6. The van der Waals surface area contributed by atoms with Gasteiger partial charge < -0.3 is 4.90 Å². The molecule has 1 aliphatic rings. The van der Waals surface area contributed by atoms with E-state index in [1.54, 1.807) is 11.0 Å². The Hall–Kier alpha value is -2.97. The summed E-state index contributed by atoms with van der Waals surface area (Å²) < 4.78 is 40.4. The fourth-order valence-corrected chi connectivity index (χ4v) is 3.09. The second-order valence-corrected chi connectivity index (χ2v) is 6.12. The molecule has 3 aromatic rings. The molecule has 1 saturated heterocycles. The van der Waals surface area contributed by atoms with E-state index in [2.05, 4.69) is 15.3 Å². The molecule has 1 aromatic carbocycles. The molecule has 1 fully saturated rings. The summed E-state index contributed by atoms with van der Waals surface area (Å²) in [6.07, 6.45) is -1.27. The van der Waals surface area contributed by atoms with Crippen molar-refractivity contribution in [1.29, 1.82) is 0 Å². The summed E-state index contributed by atoms with van der Waals surface area (Å²) in [5, 5.41) is 11.9. The third kappa shape index (κ3) is 2.89. The van der Waals surface area contributed by atoms with Crippen LogP contribution >= 0.6 is 0 Å². The number of hydrogen-bond acceptors (Lipinski definition) is 4. The predicted molar refractivity (Wildman–Crippen MR) is 86.4 cm³/mol. The lowest BCUT2D eigenvalue weighted by molar-refractivity contribution is -0.137. The van der Waals surface area contributed by atoms with Crippen LogP contribution < -0.4 is 0 Å². The van der Waals surface area contributed by atoms with Crippen LogP contribution in [-0.2, 0) is 6.18 Å². The van der Waals surface area contributed by atoms with Gasteiger partial charge in [0.05, 0.1) is 5.56 Å². The van der Waals surface area contributed by atoms with Crippen molar-refractivity contribution in [3.63, 3.8) is 0 Å². The van der Waals surface area contributed by atoms with Crippen molar-refractivity contribution < 1.29 is 18.0 Å². The second kappa shape index (κ2) is 6.08. The Balaban J connectivity index is 1.84. The van der Waals surface area contributed by atoms with Crippen LogP contribution in [-0.4, -0.2) is 43.7 Å². The molecule has 134 valence electrons. The summed E-state index contributed by atoms with van der Waals surface area (Å²) in [6.45, 7) is 1.30. The lowest BCUT2D eigenvalue weighted by Gasteiger charge is -2.15. The standard InChI is InChI=1S/C17H14F3N5O/c18-17(19,20)12-5-3-4-11(8-12)13-9-14(16(26)24-6-1-2-7-24)23-25-10-21-22-15(13)25/h3-5,8-10H,1-2,6-7H2. The largest absolute Gasteiger partial charge is 0.416 e. The van der Waals surface area contributed by atoms with Crippen molar-refractivity contribution in [2.24, 2.45) is 0 Å². The van der Waals surface area contributed by atoms with E-state index in [1.807, 2.05) is 0 Å². The highest BCUT2D eigenvalue weighted by molar-refractivity contribution is 5.94. The van der Waals surface area contributed by atoms with Gasteiger partial charge in [-0.15, -0.1) is 10.2 Å². The number of halogens is 3. The first kappa shape index (κ1) is 16.5. The first-order valence-electron chi connectivity index (χ1n) is 8.11. The number of alkyl halides is 3. The van der Waals surface area contributed by atoms with Crippen LogP contribution in [0, 0.1) is 0 Å². The quantitative estimate of drug-likeness (QED) is 0.704. The van der Waals surface area contributed by atoms with Crippen molar-refractivity contribution in [2.75, 3.05) is 13.1 Å². The number of nitrogens with zero attached hydrogens (tertiary/aromatic N) is 5. The number of aromatic nitrogens is 4. The number of benzene rings is 1. The maximum atomic E-state index is 13.0. The maximum Gasteiger partial charge on any atom is 0.416 e. The third-order valence-corrected chi connectivity index (χ3v) is 4.38. The summed E-state index contributed by atoms with van der Waals surface area (Å²) in [5.41, 5.74) is 0.368. The minimum Gasteiger partial charge on any atom is -0.337 e. The Morgan fingerprint density at radius 2 is 1.88 bits per heavy atom. The number of carbonyl (C=O) groups excluding carboxylic acids is 1. The van der Waals surface area contributed by atoms with E-state index in [9.17, 15) is 18.0 Å². The molecule has 0 saturated carbocycles. The minimum atomic E-state index is -4.46. The Kier molecular flexibility index (Phi) is 3.86. The topological polar surface area (TPSA) is 63.4 Å². The van der Waals surface area contributed by atoms with E-state index in [1.165, 1.54) is 23.0 Å². The molecule has 4 rings (SSSR count).